The number of hydrogen-bond acceptors (Lipinski definition) is 1. The van der Waals surface area contributed by atoms with Gasteiger partial charge in [0.05, 0.1) is 0 Å². The fourth-order valence-electron chi connectivity index (χ4n) is 3.17. The summed E-state index contributed by atoms with van der Waals surface area (Å²) in [6.45, 7) is 13.6. The Kier molecular flexibility index (Phi) is 5.00. The van der Waals surface area contributed by atoms with Crippen molar-refractivity contribution in [2.45, 2.75) is 53.4 Å². The van der Waals surface area contributed by atoms with Crippen molar-refractivity contribution < 1.29 is 5.11 Å². The van der Waals surface area contributed by atoms with Crippen LogP contribution in [0.1, 0.15) is 53.4 Å². The number of hydrogen-bond donors (Lipinski definition) is 1. The standard InChI is InChI=1S/C16H28O/c1-6-13(11-17)10-12(3)15-9-8-14(7-2)16(15,4)5/h8,13,15,17H,3,6-7,9-11H2,1-2,4-5H3/t13-,15?/m1/s1. The van der Waals surface area contributed by atoms with E-state index in [4.69, 9.17) is 0 Å². The van der Waals surface area contributed by atoms with Crippen molar-refractivity contribution in [3.05, 3.63) is 23.8 Å². The van der Waals surface area contributed by atoms with Crippen LogP contribution in [0.25, 0.3) is 0 Å². The Hall–Kier alpha value is -0.560. The van der Waals surface area contributed by atoms with Gasteiger partial charge in [0.2, 0.25) is 0 Å². The first-order valence-electron chi connectivity index (χ1n) is 6.95. The zero-order chi connectivity index (χ0) is 13.1. The van der Waals surface area contributed by atoms with Crippen molar-refractivity contribution in [1.29, 1.82) is 0 Å². The van der Waals surface area contributed by atoms with Crippen molar-refractivity contribution in [3.63, 3.8) is 0 Å². The number of aliphatic hydroxyl groups excluding tert-OH is 1. The molecule has 1 rings (SSSR count). The first-order valence-corrected chi connectivity index (χ1v) is 6.95. The summed E-state index contributed by atoms with van der Waals surface area (Å²) < 4.78 is 0. The van der Waals surface area contributed by atoms with Crippen molar-refractivity contribution in [1.82, 2.24) is 0 Å². The molecule has 0 aromatic heterocycles. The van der Waals surface area contributed by atoms with E-state index >= 15 is 0 Å². The normalized spacial score (nSPS) is 24.5. The monoisotopic (exact) mass is 236 g/mol. The van der Waals surface area contributed by atoms with Gasteiger partial charge in [-0.2, -0.15) is 0 Å². The molecular formula is C16H28O. The molecule has 0 fully saturated rings. The molecule has 2 atom stereocenters. The molecule has 0 aromatic rings. The Morgan fingerprint density at radius 1 is 1.53 bits per heavy atom. The van der Waals surface area contributed by atoms with Gasteiger partial charge in [0, 0.05) is 6.61 Å². The van der Waals surface area contributed by atoms with Crippen LogP contribution in [0.5, 0.6) is 0 Å². The van der Waals surface area contributed by atoms with Crippen LogP contribution in [-0.2, 0) is 0 Å². The topological polar surface area (TPSA) is 20.2 Å². The molecule has 1 nitrogen and oxygen atoms in total. The number of aliphatic hydroxyl groups is 1. The minimum atomic E-state index is 0.263. The van der Waals surface area contributed by atoms with Gasteiger partial charge < -0.3 is 5.11 Å². The molecule has 0 saturated heterocycles. The minimum absolute atomic E-state index is 0.263. The molecule has 0 aliphatic heterocycles. The van der Waals surface area contributed by atoms with Crippen molar-refractivity contribution in [2.75, 3.05) is 6.61 Å². The van der Waals surface area contributed by atoms with Crippen LogP contribution in [0.3, 0.4) is 0 Å². The van der Waals surface area contributed by atoms with Gasteiger partial charge in [-0.1, -0.05) is 57.9 Å². The summed E-state index contributed by atoms with van der Waals surface area (Å²) in [7, 11) is 0. The molecule has 1 aliphatic rings. The molecule has 0 heterocycles. The van der Waals surface area contributed by atoms with E-state index in [1.165, 1.54) is 5.57 Å². The highest BCUT2D eigenvalue weighted by atomic mass is 16.3. The van der Waals surface area contributed by atoms with Gasteiger partial charge in [0.15, 0.2) is 0 Å². The summed E-state index contributed by atoms with van der Waals surface area (Å²) in [5.41, 5.74) is 3.16. The van der Waals surface area contributed by atoms with Crippen LogP contribution in [0, 0.1) is 17.3 Å². The Labute approximate surface area is 107 Å². The fourth-order valence-corrected chi connectivity index (χ4v) is 3.17. The molecule has 1 aliphatic carbocycles. The van der Waals surface area contributed by atoms with Crippen molar-refractivity contribution in [3.8, 4) is 0 Å². The Bertz CT molecular complexity index is 295. The van der Waals surface area contributed by atoms with E-state index < -0.39 is 0 Å². The second-order valence-electron chi connectivity index (χ2n) is 5.91. The van der Waals surface area contributed by atoms with Gasteiger partial charge in [-0.25, -0.2) is 0 Å². The minimum Gasteiger partial charge on any atom is -0.396 e. The third-order valence-corrected chi connectivity index (χ3v) is 4.56. The van der Waals surface area contributed by atoms with E-state index in [9.17, 15) is 5.11 Å². The zero-order valence-corrected chi connectivity index (χ0v) is 11.9. The Morgan fingerprint density at radius 3 is 2.59 bits per heavy atom. The molecule has 1 N–H and O–H groups in total. The van der Waals surface area contributed by atoms with Gasteiger partial charge >= 0.3 is 0 Å². The lowest BCUT2D eigenvalue weighted by atomic mass is 9.71. The highest BCUT2D eigenvalue weighted by Gasteiger charge is 2.37. The van der Waals surface area contributed by atoms with E-state index in [2.05, 4.69) is 40.3 Å². The second-order valence-corrected chi connectivity index (χ2v) is 5.91. The highest BCUT2D eigenvalue weighted by Crippen LogP contribution is 2.48. The fraction of sp³-hybridized carbons (Fsp3) is 0.750. The summed E-state index contributed by atoms with van der Waals surface area (Å²) >= 11 is 0. The lowest BCUT2D eigenvalue weighted by Crippen LogP contribution is -2.24. The summed E-state index contributed by atoms with van der Waals surface area (Å²) in [5.74, 6) is 0.960. The smallest absolute Gasteiger partial charge is 0.0462 e. The zero-order valence-electron chi connectivity index (χ0n) is 11.9. The maximum Gasteiger partial charge on any atom is 0.0462 e. The third kappa shape index (κ3) is 3.01. The summed E-state index contributed by atoms with van der Waals surface area (Å²) in [6, 6.07) is 0. The summed E-state index contributed by atoms with van der Waals surface area (Å²) in [5, 5.41) is 9.29. The molecule has 0 amide bonds. The number of rotatable bonds is 6. The predicted molar refractivity (Wildman–Crippen MR) is 74.9 cm³/mol. The van der Waals surface area contributed by atoms with E-state index in [1.807, 2.05) is 0 Å². The van der Waals surface area contributed by atoms with Crippen molar-refractivity contribution >= 4 is 0 Å². The molecular weight excluding hydrogens is 208 g/mol. The average molecular weight is 236 g/mol. The van der Waals surface area contributed by atoms with Crippen LogP contribution in [0.15, 0.2) is 23.8 Å². The molecule has 0 bridgehead atoms. The van der Waals surface area contributed by atoms with Crippen LogP contribution in [-0.4, -0.2) is 11.7 Å². The molecule has 0 spiro atoms. The summed E-state index contributed by atoms with van der Waals surface area (Å²) in [4.78, 5) is 0. The molecule has 1 unspecified atom stereocenters. The lowest BCUT2D eigenvalue weighted by molar-refractivity contribution is 0.213. The Morgan fingerprint density at radius 2 is 2.18 bits per heavy atom. The van der Waals surface area contributed by atoms with Gasteiger partial charge in [-0.15, -0.1) is 0 Å². The lowest BCUT2D eigenvalue weighted by Gasteiger charge is -2.33. The van der Waals surface area contributed by atoms with Crippen LogP contribution in [0.4, 0.5) is 0 Å². The van der Waals surface area contributed by atoms with E-state index in [0.717, 1.165) is 25.7 Å². The predicted octanol–water partition coefficient (Wildman–Crippen LogP) is 4.33. The van der Waals surface area contributed by atoms with Gasteiger partial charge in [-0.05, 0) is 36.5 Å². The van der Waals surface area contributed by atoms with Gasteiger partial charge in [0.1, 0.15) is 0 Å². The maximum atomic E-state index is 9.29. The second kappa shape index (κ2) is 5.86. The molecule has 0 saturated carbocycles. The van der Waals surface area contributed by atoms with E-state index in [-0.39, 0.29) is 12.0 Å². The summed E-state index contributed by atoms with van der Waals surface area (Å²) in [6.07, 6.45) is 6.70. The average Bonchev–Trinajstić information content (AvgIpc) is 2.60. The van der Waals surface area contributed by atoms with E-state index in [0.29, 0.717) is 11.8 Å². The van der Waals surface area contributed by atoms with Crippen LogP contribution in [0.2, 0.25) is 0 Å². The van der Waals surface area contributed by atoms with Crippen LogP contribution >= 0.6 is 0 Å². The molecule has 0 radical (unpaired) electrons. The molecule has 98 valence electrons. The molecule has 17 heavy (non-hydrogen) atoms. The van der Waals surface area contributed by atoms with Gasteiger partial charge in [0.25, 0.3) is 0 Å². The van der Waals surface area contributed by atoms with Crippen LogP contribution < -0.4 is 0 Å². The Balaban J connectivity index is 2.67. The highest BCUT2D eigenvalue weighted by molar-refractivity contribution is 5.26. The SMILES string of the molecule is C=C(C[C@@H](CC)CO)C1CC=C(CC)C1(C)C. The quantitative estimate of drug-likeness (QED) is 0.680. The number of allylic oxidation sites excluding steroid dienone is 3. The maximum absolute atomic E-state index is 9.29. The molecule has 0 aromatic carbocycles. The third-order valence-electron chi connectivity index (χ3n) is 4.56. The van der Waals surface area contributed by atoms with E-state index in [1.54, 1.807) is 5.57 Å². The van der Waals surface area contributed by atoms with Crippen molar-refractivity contribution in [2.24, 2.45) is 17.3 Å². The largest absolute Gasteiger partial charge is 0.396 e. The molecule has 1 heteroatoms. The first-order chi connectivity index (χ1) is 7.97. The first kappa shape index (κ1) is 14.5. The van der Waals surface area contributed by atoms with Gasteiger partial charge in [-0.3, -0.25) is 0 Å².